The highest BCUT2D eigenvalue weighted by Crippen LogP contribution is 2.43. The van der Waals surface area contributed by atoms with Gasteiger partial charge < -0.3 is 25.2 Å². The molecule has 0 amide bonds. The number of nitrogens with two attached hydrogens (primary N) is 1. The van der Waals surface area contributed by atoms with Crippen LogP contribution in [0, 0.1) is 0 Å². The minimum Gasteiger partial charge on any atom is -0.462 e. The summed E-state index contributed by atoms with van der Waals surface area (Å²) in [5.74, 6) is -1.03. The van der Waals surface area contributed by atoms with E-state index in [1.54, 1.807) is 12.2 Å². The molecule has 4 N–H and O–H groups in total. The maximum Gasteiger partial charge on any atom is 0.472 e. The number of ether oxygens (including phenoxy) is 2. The summed E-state index contributed by atoms with van der Waals surface area (Å²) in [6.07, 6.45) is 47.1. The van der Waals surface area contributed by atoms with Gasteiger partial charge in [0.2, 0.25) is 0 Å². The van der Waals surface area contributed by atoms with E-state index in [1.807, 2.05) is 12.2 Å². The van der Waals surface area contributed by atoms with Crippen molar-refractivity contribution in [3.63, 3.8) is 0 Å². The average Bonchev–Trinajstić information content (AvgIpc) is 3.20. The summed E-state index contributed by atoms with van der Waals surface area (Å²) < 4.78 is 32.7. The molecule has 0 rings (SSSR count). The molecular formula is C47H84NO9P. The maximum atomic E-state index is 12.6. The molecule has 0 saturated heterocycles. The number of carbonyl (C=O) groups excluding carboxylic acids is 2. The van der Waals surface area contributed by atoms with Crippen molar-refractivity contribution in [1.82, 2.24) is 0 Å². The van der Waals surface area contributed by atoms with Crippen molar-refractivity contribution < 1.29 is 42.7 Å². The molecule has 336 valence electrons. The van der Waals surface area contributed by atoms with E-state index in [0.29, 0.717) is 19.3 Å². The van der Waals surface area contributed by atoms with E-state index in [4.69, 9.17) is 24.3 Å². The standard InChI is InChI=1S/C47H84NO9P/c1-3-5-7-9-11-13-15-17-18-19-20-21-22-24-26-28-30-32-34-38-46(50)54-42-45(43-56-58(52,53)55-41-40-48)57-47(51)39-35-37-44(49)36-33-31-29-27-25-23-16-14-12-10-8-6-4-2/h12,14,17-18,23,25,29,31,33,36,44-45,49H,3-11,13,15-16,19-22,24,26-28,30,32,34-35,37-43,48H2,1-2H3,(H,52,53)/b14-12-,18-17-,25-23-,31-29-,36-33+/t44-,45+/m0/s1. The monoisotopic (exact) mass is 838 g/mol. The molecule has 0 spiro atoms. The second kappa shape index (κ2) is 42.8. The lowest BCUT2D eigenvalue weighted by Crippen LogP contribution is -2.29. The molecule has 0 aliphatic rings. The first-order valence-electron chi connectivity index (χ1n) is 22.9. The smallest absolute Gasteiger partial charge is 0.462 e. The Balaban J connectivity index is 4.30. The molecule has 0 aromatic rings. The number of aliphatic hydroxyl groups is 1. The first kappa shape index (κ1) is 55.7. The number of rotatable bonds is 42. The van der Waals surface area contributed by atoms with Crippen molar-refractivity contribution in [1.29, 1.82) is 0 Å². The summed E-state index contributed by atoms with van der Waals surface area (Å²) in [5.41, 5.74) is 5.34. The van der Waals surface area contributed by atoms with Crippen molar-refractivity contribution in [2.75, 3.05) is 26.4 Å². The Morgan fingerprint density at radius 1 is 0.603 bits per heavy atom. The summed E-state index contributed by atoms with van der Waals surface area (Å²) in [4.78, 5) is 34.9. The number of esters is 2. The SMILES string of the molecule is CCCCC/C=C\C/C=C\C/C=C\C=C\[C@H](O)CCCC(=O)O[C@H](COC(=O)CCCCCCCCCCC/C=C\CCCCCCCC)COP(=O)(O)OCCN. The van der Waals surface area contributed by atoms with E-state index >= 15 is 0 Å². The van der Waals surface area contributed by atoms with E-state index in [9.17, 15) is 24.2 Å². The van der Waals surface area contributed by atoms with E-state index in [0.717, 1.165) is 38.5 Å². The highest BCUT2D eigenvalue weighted by molar-refractivity contribution is 7.47. The van der Waals surface area contributed by atoms with Crippen LogP contribution in [0.15, 0.2) is 60.8 Å². The fourth-order valence-corrected chi connectivity index (χ4v) is 6.79. The van der Waals surface area contributed by atoms with Gasteiger partial charge in [-0.2, -0.15) is 0 Å². The summed E-state index contributed by atoms with van der Waals surface area (Å²) in [7, 11) is -4.43. The molecule has 0 fully saturated rings. The summed E-state index contributed by atoms with van der Waals surface area (Å²) in [6.45, 7) is 3.47. The second-order valence-corrected chi connectivity index (χ2v) is 16.6. The van der Waals surface area contributed by atoms with Gasteiger partial charge in [-0.15, -0.1) is 0 Å². The number of allylic oxidation sites excluding steroid dienone is 9. The van der Waals surface area contributed by atoms with Crippen LogP contribution in [0.3, 0.4) is 0 Å². The largest absolute Gasteiger partial charge is 0.472 e. The van der Waals surface area contributed by atoms with Gasteiger partial charge in [-0.1, -0.05) is 164 Å². The first-order chi connectivity index (χ1) is 28.2. The zero-order valence-corrected chi connectivity index (χ0v) is 37.5. The lowest BCUT2D eigenvalue weighted by molar-refractivity contribution is -0.161. The molecule has 3 atom stereocenters. The molecular weight excluding hydrogens is 753 g/mol. The summed E-state index contributed by atoms with van der Waals surface area (Å²) in [6, 6.07) is 0. The van der Waals surface area contributed by atoms with Gasteiger partial charge in [-0.25, -0.2) is 4.57 Å². The van der Waals surface area contributed by atoms with Gasteiger partial charge in [-0.3, -0.25) is 18.6 Å². The van der Waals surface area contributed by atoms with E-state index in [-0.39, 0.29) is 32.6 Å². The number of hydrogen-bond donors (Lipinski definition) is 3. The summed E-state index contributed by atoms with van der Waals surface area (Å²) >= 11 is 0. The van der Waals surface area contributed by atoms with Crippen LogP contribution >= 0.6 is 7.82 Å². The zero-order chi connectivity index (χ0) is 42.6. The fourth-order valence-electron chi connectivity index (χ4n) is 6.03. The normalized spacial score (nSPS) is 14.4. The molecule has 0 bridgehead atoms. The predicted octanol–water partition coefficient (Wildman–Crippen LogP) is 12.2. The van der Waals surface area contributed by atoms with Gasteiger partial charge in [0, 0.05) is 19.4 Å². The van der Waals surface area contributed by atoms with Crippen molar-refractivity contribution in [2.24, 2.45) is 5.73 Å². The van der Waals surface area contributed by atoms with E-state index in [1.165, 1.54) is 103 Å². The minimum atomic E-state index is -4.43. The number of hydrogen-bond acceptors (Lipinski definition) is 9. The minimum absolute atomic E-state index is 0.000189. The molecule has 0 heterocycles. The maximum absolute atomic E-state index is 12.6. The Labute approximate surface area is 353 Å². The van der Waals surface area contributed by atoms with Crippen LogP contribution in [0.2, 0.25) is 0 Å². The molecule has 0 radical (unpaired) electrons. The Kier molecular flexibility index (Phi) is 41.1. The third-order valence-electron chi connectivity index (χ3n) is 9.48. The number of phosphoric acid groups is 1. The molecule has 0 aromatic carbocycles. The topological polar surface area (TPSA) is 155 Å². The van der Waals surface area contributed by atoms with Gasteiger partial charge in [0.15, 0.2) is 6.10 Å². The Morgan fingerprint density at radius 2 is 1.10 bits per heavy atom. The lowest BCUT2D eigenvalue weighted by Gasteiger charge is -2.20. The van der Waals surface area contributed by atoms with E-state index in [2.05, 4.69) is 50.3 Å². The average molecular weight is 838 g/mol. The van der Waals surface area contributed by atoms with Gasteiger partial charge in [0.25, 0.3) is 0 Å². The van der Waals surface area contributed by atoms with Crippen LogP contribution in [0.5, 0.6) is 0 Å². The van der Waals surface area contributed by atoms with Crippen molar-refractivity contribution in [3.8, 4) is 0 Å². The highest BCUT2D eigenvalue weighted by atomic mass is 31.2. The van der Waals surface area contributed by atoms with Gasteiger partial charge in [-0.05, 0) is 70.6 Å². The number of phosphoric ester groups is 1. The van der Waals surface area contributed by atoms with Crippen LogP contribution in [0.25, 0.3) is 0 Å². The third kappa shape index (κ3) is 41.8. The molecule has 11 heteroatoms. The molecule has 58 heavy (non-hydrogen) atoms. The van der Waals surface area contributed by atoms with Gasteiger partial charge in [0.05, 0.1) is 19.3 Å². The number of aliphatic hydroxyl groups excluding tert-OH is 1. The lowest BCUT2D eigenvalue weighted by atomic mass is 10.1. The van der Waals surface area contributed by atoms with E-state index < -0.39 is 38.6 Å². The van der Waals surface area contributed by atoms with Gasteiger partial charge >= 0.3 is 19.8 Å². The number of carbonyl (C=O) groups is 2. The van der Waals surface area contributed by atoms with Crippen LogP contribution in [0.1, 0.15) is 187 Å². The quantitative estimate of drug-likeness (QED) is 0.0178. The Hall–Kier alpha value is -2.33. The summed E-state index contributed by atoms with van der Waals surface area (Å²) in [5, 5.41) is 10.3. The van der Waals surface area contributed by atoms with Crippen molar-refractivity contribution in [3.05, 3.63) is 60.8 Å². The highest BCUT2D eigenvalue weighted by Gasteiger charge is 2.26. The Bertz CT molecular complexity index is 1150. The number of unbranched alkanes of at least 4 members (excludes halogenated alkanes) is 18. The first-order valence-corrected chi connectivity index (χ1v) is 24.4. The molecule has 1 unspecified atom stereocenters. The fraction of sp³-hybridized carbons (Fsp3) is 0.745. The van der Waals surface area contributed by atoms with Crippen LogP contribution in [-0.4, -0.2) is 60.5 Å². The van der Waals surface area contributed by atoms with Crippen LogP contribution in [-0.2, 0) is 32.7 Å². The Morgan fingerprint density at radius 3 is 1.72 bits per heavy atom. The molecule has 10 nitrogen and oxygen atoms in total. The predicted molar refractivity (Wildman–Crippen MR) is 239 cm³/mol. The third-order valence-corrected chi connectivity index (χ3v) is 10.5. The molecule has 0 aliphatic carbocycles. The van der Waals surface area contributed by atoms with Crippen LogP contribution in [0.4, 0.5) is 0 Å². The van der Waals surface area contributed by atoms with Gasteiger partial charge in [0.1, 0.15) is 6.61 Å². The van der Waals surface area contributed by atoms with Crippen LogP contribution < -0.4 is 5.73 Å². The molecule has 0 aliphatic heterocycles. The zero-order valence-electron chi connectivity index (χ0n) is 36.6. The van der Waals surface area contributed by atoms with Crippen molar-refractivity contribution >= 4 is 19.8 Å². The second-order valence-electron chi connectivity index (χ2n) is 15.1. The molecule has 0 saturated carbocycles. The molecule has 0 aromatic heterocycles. The van der Waals surface area contributed by atoms with Crippen molar-refractivity contribution in [2.45, 2.75) is 199 Å².